The molecule has 26 heavy (non-hydrogen) atoms. The molecule has 6 nitrogen and oxygen atoms in total. The first kappa shape index (κ1) is 18.8. The highest BCUT2D eigenvalue weighted by atomic mass is 16.5. The van der Waals surface area contributed by atoms with E-state index in [4.69, 9.17) is 4.74 Å². The predicted molar refractivity (Wildman–Crippen MR) is 98.2 cm³/mol. The van der Waals surface area contributed by atoms with E-state index in [9.17, 15) is 9.59 Å². The van der Waals surface area contributed by atoms with Crippen LogP contribution in [0.5, 0.6) is 0 Å². The minimum atomic E-state index is -0.251. The third-order valence-corrected chi connectivity index (χ3v) is 5.21. The van der Waals surface area contributed by atoms with E-state index in [1.165, 1.54) is 32.1 Å². The van der Waals surface area contributed by atoms with Gasteiger partial charge in [-0.25, -0.2) is 0 Å². The van der Waals surface area contributed by atoms with Crippen LogP contribution in [0, 0.1) is 5.92 Å². The van der Waals surface area contributed by atoms with Gasteiger partial charge in [-0.15, -0.1) is 0 Å². The number of rotatable bonds is 8. The maximum absolute atomic E-state index is 12.3. The number of amides is 2. The van der Waals surface area contributed by atoms with E-state index in [-0.39, 0.29) is 17.7 Å². The maximum Gasteiger partial charge on any atom is 0.225 e. The molecule has 2 aliphatic rings. The summed E-state index contributed by atoms with van der Waals surface area (Å²) in [6, 6.07) is 3.80. The molecule has 1 saturated carbocycles. The Labute approximate surface area is 155 Å². The summed E-state index contributed by atoms with van der Waals surface area (Å²) in [6.45, 7) is 2.31. The SMILES string of the molecule is O=C(NCCCOC1CCCCC1)[C@H]1CC(=O)N(Cc2cccnc2)C1. The lowest BCUT2D eigenvalue weighted by atomic mass is 9.98. The molecule has 2 fully saturated rings. The first-order valence-corrected chi connectivity index (χ1v) is 9.78. The number of hydrogen-bond acceptors (Lipinski definition) is 4. The molecule has 1 aromatic heterocycles. The molecule has 0 aromatic carbocycles. The molecule has 1 atom stereocenters. The topological polar surface area (TPSA) is 71.5 Å². The van der Waals surface area contributed by atoms with Gasteiger partial charge in [0.2, 0.25) is 11.8 Å². The maximum atomic E-state index is 12.3. The fourth-order valence-corrected chi connectivity index (χ4v) is 3.72. The lowest BCUT2D eigenvalue weighted by Gasteiger charge is -2.22. The summed E-state index contributed by atoms with van der Waals surface area (Å²) in [7, 11) is 0. The van der Waals surface area contributed by atoms with E-state index in [0.29, 0.717) is 38.8 Å². The van der Waals surface area contributed by atoms with Crippen molar-refractivity contribution in [3.05, 3.63) is 30.1 Å². The summed E-state index contributed by atoms with van der Waals surface area (Å²) >= 11 is 0. The Morgan fingerprint density at radius 3 is 2.92 bits per heavy atom. The van der Waals surface area contributed by atoms with Crippen molar-refractivity contribution in [3.63, 3.8) is 0 Å². The fraction of sp³-hybridized carbons (Fsp3) is 0.650. The van der Waals surface area contributed by atoms with Crippen LogP contribution in [-0.2, 0) is 20.9 Å². The van der Waals surface area contributed by atoms with Gasteiger partial charge in [0.25, 0.3) is 0 Å². The highest BCUT2D eigenvalue weighted by molar-refractivity contribution is 5.89. The van der Waals surface area contributed by atoms with E-state index >= 15 is 0 Å². The number of carbonyl (C=O) groups excluding carboxylic acids is 2. The monoisotopic (exact) mass is 359 g/mol. The molecular weight excluding hydrogens is 330 g/mol. The van der Waals surface area contributed by atoms with Crippen LogP contribution < -0.4 is 5.32 Å². The Hall–Kier alpha value is -1.95. The van der Waals surface area contributed by atoms with E-state index in [1.54, 1.807) is 17.3 Å². The van der Waals surface area contributed by atoms with Crippen molar-refractivity contribution >= 4 is 11.8 Å². The Bertz CT molecular complexity index is 587. The molecule has 1 aromatic rings. The number of pyridine rings is 1. The molecule has 0 bridgehead atoms. The van der Waals surface area contributed by atoms with Crippen LogP contribution >= 0.6 is 0 Å². The van der Waals surface area contributed by atoms with E-state index in [2.05, 4.69) is 10.3 Å². The first-order chi connectivity index (χ1) is 12.7. The van der Waals surface area contributed by atoms with Crippen molar-refractivity contribution < 1.29 is 14.3 Å². The van der Waals surface area contributed by atoms with Gasteiger partial charge in [-0.1, -0.05) is 25.3 Å². The van der Waals surface area contributed by atoms with Gasteiger partial charge >= 0.3 is 0 Å². The minimum Gasteiger partial charge on any atom is -0.378 e. The zero-order chi connectivity index (χ0) is 18.2. The van der Waals surface area contributed by atoms with E-state index < -0.39 is 0 Å². The third kappa shape index (κ3) is 5.53. The zero-order valence-electron chi connectivity index (χ0n) is 15.4. The van der Waals surface area contributed by atoms with Gasteiger partial charge in [0.15, 0.2) is 0 Å². The van der Waals surface area contributed by atoms with Gasteiger partial charge in [-0.05, 0) is 30.9 Å². The molecule has 1 aliphatic carbocycles. The fourth-order valence-electron chi connectivity index (χ4n) is 3.72. The van der Waals surface area contributed by atoms with Crippen LogP contribution in [0.1, 0.15) is 50.5 Å². The average molecular weight is 359 g/mol. The summed E-state index contributed by atoms with van der Waals surface area (Å²) < 4.78 is 5.87. The van der Waals surface area contributed by atoms with Crippen molar-refractivity contribution in [2.24, 2.45) is 5.92 Å². The summed E-state index contributed by atoms with van der Waals surface area (Å²) in [6.07, 6.45) is 11.2. The molecule has 142 valence electrons. The van der Waals surface area contributed by atoms with Gasteiger partial charge in [-0.2, -0.15) is 0 Å². The number of hydrogen-bond donors (Lipinski definition) is 1. The van der Waals surface area contributed by atoms with Crippen LogP contribution in [0.15, 0.2) is 24.5 Å². The quantitative estimate of drug-likeness (QED) is 0.723. The van der Waals surface area contributed by atoms with Crippen molar-refractivity contribution in [3.8, 4) is 0 Å². The van der Waals surface area contributed by atoms with Crippen molar-refractivity contribution in [1.82, 2.24) is 15.2 Å². The Morgan fingerprint density at radius 1 is 1.31 bits per heavy atom. The van der Waals surface area contributed by atoms with E-state index in [0.717, 1.165) is 12.0 Å². The molecular formula is C20H29N3O3. The summed E-state index contributed by atoms with van der Waals surface area (Å²) in [4.78, 5) is 30.3. The Balaban J connectivity index is 1.32. The third-order valence-electron chi connectivity index (χ3n) is 5.21. The minimum absolute atomic E-state index is 0.0234. The molecule has 1 aliphatic heterocycles. The predicted octanol–water partition coefficient (Wildman–Crippen LogP) is 2.29. The normalized spacial score (nSPS) is 21.2. The van der Waals surface area contributed by atoms with Crippen molar-refractivity contribution in [2.75, 3.05) is 19.7 Å². The first-order valence-electron chi connectivity index (χ1n) is 9.78. The van der Waals surface area contributed by atoms with Crippen LogP contribution in [0.3, 0.4) is 0 Å². The van der Waals surface area contributed by atoms with Crippen LogP contribution in [0.25, 0.3) is 0 Å². The smallest absolute Gasteiger partial charge is 0.225 e. The lowest BCUT2D eigenvalue weighted by Crippen LogP contribution is -2.34. The van der Waals surface area contributed by atoms with Crippen LogP contribution in [0.2, 0.25) is 0 Å². The second kappa shape index (κ2) is 9.67. The summed E-state index contributed by atoms with van der Waals surface area (Å²) in [5.41, 5.74) is 0.988. The second-order valence-electron chi connectivity index (χ2n) is 7.31. The highest BCUT2D eigenvalue weighted by Gasteiger charge is 2.34. The molecule has 3 rings (SSSR count). The average Bonchev–Trinajstić information content (AvgIpc) is 3.03. The number of nitrogens with one attached hydrogen (secondary N) is 1. The Morgan fingerprint density at radius 2 is 2.15 bits per heavy atom. The highest BCUT2D eigenvalue weighted by Crippen LogP contribution is 2.21. The van der Waals surface area contributed by atoms with Gasteiger partial charge in [0, 0.05) is 45.1 Å². The molecule has 0 radical (unpaired) electrons. The van der Waals surface area contributed by atoms with Crippen molar-refractivity contribution in [1.29, 1.82) is 0 Å². The lowest BCUT2D eigenvalue weighted by molar-refractivity contribution is -0.129. The van der Waals surface area contributed by atoms with E-state index in [1.807, 2.05) is 12.1 Å². The molecule has 1 saturated heterocycles. The summed E-state index contributed by atoms with van der Waals surface area (Å²) in [5, 5.41) is 2.96. The number of aromatic nitrogens is 1. The Kier molecular flexibility index (Phi) is 7.00. The van der Waals surface area contributed by atoms with Gasteiger partial charge < -0.3 is 15.0 Å². The zero-order valence-corrected chi connectivity index (χ0v) is 15.4. The van der Waals surface area contributed by atoms with Gasteiger partial charge in [0.1, 0.15) is 0 Å². The van der Waals surface area contributed by atoms with Crippen molar-refractivity contribution in [2.45, 2.75) is 57.6 Å². The summed E-state index contributed by atoms with van der Waals surface area (Å²) in [5.74, 6) is -0.238. The number of carbonyl (C=O) groups is 2. The van der Waals surface area contributed by atoms with Crippen LogP contribution in [-0.4, -0.2) is 47.5 Å². The largest absolute Gasteiger partial charge is 0.378 e. The number of likely N-dealkylation sites (tertiary alicyclic amines) is 1. The molecule has 2 heterocycles. The number of ether oxygens (including phenoxy) is 1. The molecule has 6 heteroatoms. The van der Waals surface area contributed by atoms with Gasteiger partial charge in [0.05, 0.1) is 12.0 Å². The standard InChI is InChI=1S/C20H29N3O3/c24-19-12-17(15-23(19)14-16-6-4-9-21-13-16)20(25)22-10-5-11-26-18-7-2-1-3-8-18/h4,6,9,13,17-18H,1-3,5,7-8,10-12,14-15H2,(H,22,25)/t17-/m0/s1. The molecule has 2 amide bonds. The van der Waals surface area contributed by atoms with Crippen LogP contribution in [0.4, 0.5) is 0 Å². The molecule has 0 spiro atoms. The molecule has 1 N–H and O–H groups in total. The van der Waals surface area contributed by atoms with Gasteiger partial charge in [-0.3, -0.25) is 14.6 Å². The molecule has 0 unspecified atom stereocenters. The second-order valence-corrected chi connectivity index (χ2v) is 7.31. The number of nitrogens with zero attached hydrogens (tertiary/aromatic N) is 2.